The number of nitrogens with zero attached hydrogens (tertiary/aromatic N) is 3. The summed E-state index contributed by atoms with van der Waals surface area (Å²) in [5.74, 6) is 3.19. The van der Waals surface area contributed by atoms with E-state index in [9.17, 15) is 0 Å². The molecule has 1 aromatic rings. The monoisotopic (exact) mass is 450 g/mol. The van der Waals surface area contributed by atoms with Gasteiger partial charge in [-0.1, -0.05) is 20.8 Å². The van der Waals surface area contributed by atoms with E-state index in [1.807, 2.05) is 7.05 Å². The van der Waals surface area contributed by atoms with E-state index < -0.39 is 0 Å². The van der Waals surface area contributed by atoms with E-state index >= 15 is 0 Å². The first kappa shape index (κ1) is 21.2. The van der Waals surface area contributed by atoms with Gasteiger partial charge in [0.2, 0.25) is 5.89 Å². The second-order valence-electron chi connectivity index (χ2n) is 7.21. The fraction of sp³-hybridized carbons (Fsp3) is 0.765. The molecule has 1 fully saturated rings. The fourth-order valence-electron chi connectivity index (χ4n) is 2.12. The zero-order valence-corrected chi connectivity index (χ0v) is 17.8. The number of halogens is 1. The second kappa shape index (κ2) is 9.60. The number of ether oxygens (including phenoxy) is 1. The maximum atomic E-state index is 5.78. The molecule has 7 heteroatoms. The van der Waals surface area contributed by atoms with Gasteiger partial charge in [-0.15, -0.1) is 24.0 Å². The molecule has 24 heavy (non-hydrogen) atoms. The lowest BCUT2D eigenvalue weighted by atomic mass is 9.94. The molecule has 1 heterocycles. The highest BCUT2D eigenvalue weighted by molar-refractivity contribution is 14.0. The normalized spacial score (nSPS) is 15.1. The number of guanidine groups is 1. The van der Waals surface area contributed by atoms with Crippen molar-refractivity contribution in [3.8, 4) is 0 Å². The average Bonchev–Trinajstić information content (AvgIpc) is 3.18. The molecule has 0 spiro atoms. The Hall–Kier alpha value is -0.830. The molecule has 0 atom stereocenters. The molecular weight excluding hydrogens is 419 g/mol. The third-order valence-corrected chi connectivity index (χ3v) is 3.89. The van der Waals surface area contributed by atoms with Crippen LogP contribution in [0.5, 0.6) is 0 Å². The zero-order valence-electron chi connectivity index (χ0n) is 15.5. The highest BCUT2D eigenvalue weighted by Crippen LogP contribution is 2.28. The minimum atomic E-state index is -0.0252. The molecule has 0 unspecified atom stereocenters. The van der Waals surface area contributed by atoms with Crippen molar-refractivity contribution in [1.29, 1.82) is 0 Å². The Morgan fingerprint density at radius 2 is 2.17 bits per heavy atom. The smallest absolute Gasteiger partial charge is 0.213 e. The quantitative estimate of drug-likeness (QED) is 0.300. The van der Waals surface area contributed by atoms with Crippen molar-refractivity contribution in [3.05, 3.63) is 17.8 Å². The van der Waals surface area contributed by atoms with E-state index in [1.165, 1.54) is 12.8 Å². The van der Waals surface area contributed by atoms with Gasteiger partial charge in [-0.3, -0.25) is 4.99 Å². The molecule has 0 saturated heterocycles. The maximum Gasteiger partial charge on any atom is 0.213 e. The van der Waals surface area contributed by atoms with Crippen LogP contribution >= 0.6 is 24.0 Å². The number of hydrogen-bond acceptors (Lipinski definition) is 4. The lowest BCUT2D eigenvalue weighted by molar-refractivity contribution is 0.115. The number of aromatic nitrogens is 1. The van der Waals surface area contributed by atoms with Crippen LogP contribution in [0.25, 0.3) is 0 Å². The third kappa shape index (κ3) is 6.96. The molecule has 0 bridgehead atoms. The number of oxazole rings is 1. The summed E-state index contributed by atoms with van der Waals surface area (Å²) in [5.41, 5.74) is -0.0252. The Kier molecular flexibility index (Phi) is 8.49. The fourth-order valence-corrected chi connectivity index (χ4v) is 2.12. The molecule has 1 aliphatic carbocycles. The molecule has 1 aliphatic rings. The minimum absolute atomic E-state index is 0. The van der Waals surface area contributed by atoms with E-state index in [0.717, 1.165) is 37.4 Å². The Bertz CT molecular complexity index is 521. The van der Waals surface area contributed by atoms with Crippen LogP contribution in [0.2, 0.25) is 0 Å². The van der Waals surface area contributed by atoms with Gasteiger partial charge >= 0.3 is 0 Å². The molecule has 1 saturated carbocycles. The summed E-state index contributed by atoms with van der Waals surface area (Å²) in [6.45, 7) is 9.28. The molecule has 2 rings (SSSR count). The Morgan fingerprint density at radius 1 is 1.46 bits per heavy atom. The largest absolute Gasteiger partial charge is 0.443 e. The van der Waals surface area contributed by atoms with Gasteiger partial charge in [0.1, 0.15) is 5.76 Å². The zero-order chi connectivity index (χ0) is 16.9. The molecule has 138 valence electrons. The third-order valence-electron chi connectivity index (χ3n) is 3.89. The van der Waals surface area contributed by atoms with E-state index in [0.29, 0.717) is 12.4 Å². The predicted octanol–water partition coefficient (Wildman–Crippen LogP) is 3.02. The number of aliphatic imine (C=N–C) groups is 1. The SMILES string of the molecule is CN=C(NCc1ncc(C(C)(C)C)o1)N(C)CCOCC1CC1.I. The van der Waals surface area contributed by atoms with Crippen LogP contribution in [0.15, 0.2) is 15.6 Å². The molecule has 0 amide bonds. The lowest BCUT2D eigenvalue weighted by Crippen LogP contribution is -2.40. The van der Waals surface area contributed by atoms with Gasteiger partial charge in [-0.05, 0) is 18.8 Å². The van der Waals surface area contributed by atoms with E-state index in [2.05, 4.69) is 41.0 Å². The van der Waals surface area contributed by atoms with Crippen molar-refractivity contribution in [1.82, 2.24) is 15.2 Å². The number of hydrogen-bond donors (Lipinski definition) is 1. The van der Waals surface area contributed by atoms with Gasteiger partial charge in [0.05, 0.1) is 19.3 Å². The Balaban J connectivity index is 0.00000288. The molecular formula is C17H31IN4O2. The van der Waals surface area contributed by atoms with Gasteiger partial charge in [0.15, 0.2) is 5.96 Å². The molecule has 0 aromatic carbocycles. The Labute approximate surface area is 162 Å². The first-order chi connectivity index (χ1) is 10.9. The van der Waals surface area contributed by atoms with Crippen LogP contribution in [0.4, 0.5) is 0 Å². The van der Waals surface area contributed by atoms with Crippen molar-refractivity contribution in [2.45, 2.75) is 45.6 Å². The van der Waals surface area contributed by atoms with Crippen molar-refractivity contribution >= 4 is 29.9 Å². The predicted molar refractivity (Wildman–Crippen MR) is 107 cm³/mol. The first-order valence-electron chi connectivity index (χ1n) is 8.35. The van der Waals surface area contributed by atoms with E-state index in [-0.39, 0.29) is 29.4 Å². The van der Waals surface area contributed by atoms with Gasteiger partial charge in [-0.2, -0.15) is 0 Å². The lowest BCUT2D eigenvalue weighted by Gasteiger charge is -2.21. The molecule has 6 nitrogen and oxygen atoms in total. The number of nitrogens with one attached hydrogen (secondary N) is 1. The number of likely N-dealkylation sites (N-methyl/N-ethyl adjacent to an activating group) is 1. The van der Waals surface area contributed by atoms with Crippen LogP contribution in [0, 0.1) is 5.92 Å². The van der Waals surface area contributed by atoms with Gasteiger partial charge in [-0.25, -0.2) is 4.98 Å². The summed E-state index contributed by atoms with van der Waals surface area (Å²) < 4.78 is 11.5. The Morgan fingerprint density at radius 3 is 2.71 bits per heavy atom. The number of rotatable bonds is 7. The molecule has 0 aliphatic heterocycles. The van der Waals surface area contributed by atoms with Gasteiger partial charge < -0.3 is 19.4 Å². The summed E-state index contributed by atoms with van der Waals surface area (Å²) in [6, 6.07) is 0. The van der Waals surface area contributed by atoms with Crippen molar-refractivity contribution in [3.63, 3.8) is 0 Å². The van der Waals surface area contributed by atoms with E-state index in [1.54, 1.807) is 13.2 Å². The summed E-state index contributed by atoms with van der Waals surface area (Å²) in [4.78, 5) is 10.7. The van der Waals surface area contributed by atoms with E-state index in [4.69, 9.17) is 9.15 Å². The molecule has 1 aromatic heterocycles. The first-order valence-corrected chi connectivity index (χ1v) is 8.35. The molecule has 0 radical (unpaired) electrons. The summed E-state index contributed by atoms with van der Waals surface area (Å²) in [7, 11) is 3.78. The van der Waals surface area contributed by atoms with Crippen LogP contribution in [0.3, 0.4) is 0 Å². The van der Waals surface area contributed by atoms with Crippen LogP contribution in [-0.2, 0) is 16.7 Å². The van der Waals surface area contributed by atoms with Gasteiger partial charge in [0.25, 0.3) is 0 Å². The van der Waals surface area contributed by atoms with Crippen LogP contribution < -0.4 is 5.32 Å². The van der Waals surface area contributed by atoms with Crippen molar-refractivity contribution < 1.29 is 9.15 Å². The van der Waals surface area contributed by atoms with Crippen molar-refractivity contribution in [2.75, 3.05) is 33.9 Å². The van der Waals surface area contributed by atoms with Crippen LogP contribution in [0.1, 0.15) is 45.3 Å². The summed E-state index contributed by atoms with van der Waals surface area (Å²) in [6.07, 6.45) is 4.45. The topological polar surface area (TPSA) is 62.9 Å². The van der Waals surface area contributed by atoms with Crippen molar-refractivity contribution in [2.24, 2.45) is 10.9 Å². The van der Waals surface area contributed by atoms with Crippen LogP contribution in [-0.4, -0.2) is 49.7 Å². The average molecular weight is 450 g/mol. The summed E-state index contributed by atoms with van der Waals surface area (Å²) in [5, 5.41) is 3.28. The molecule has 1 N–H and O–H groups in total. The van der Waals surface area contributed by atoms with Gasteiger partial charge in [0, 0.05) is 32.7 Å². The second-order valence-corrected chi connectivity index (χ2v) is 7.21. The summed E-state index contributed by atoms with van der Waals surface area (Å²) >= 11 is 0. The minimum Gasteiger partial charge on any atom is -0.443 e. The highest BCUT2D eigenvalue weighted by atomic mass is 127. The maximum absolute atomic E-state index is 5.78. The standard InChI is InChI=1S/C17H30N4O2.HI/c1-17(2,3)14-10-19-15(23-14)11-20-16(18-4)21(5)8-9-22-12-13-6-7-13;/h10,13H,6-9,11-12H2,1-5H3,(H,18,20);1H. The highest BCUT2D eigenvalue weighted by Gasteiger charge is 2.21.